The zero-order valence-corrected chi connectivity index (χ0v) is 12.3. The Morgan fingerprint density at radius 3 is 2.86 bits per heavy atom. The quantitative estimate of drug-likeness (QED) is 0.926. The van der Waals surface area contributed by atoms with E-state index >= 15 is 0 Å². The average molecular weight is 287 g/mol. The molecule has 1 N–H and O–H groups in total. The highest BCUT2D eigenvalue weighted by molar-refractivity contribution is 5.97. The number of carbonyl (C=O) groups is 2. The number of pyridine rings is 1. The Balaban J connectivity index is 1.64. The van der Waals surface area contributed by atoms with Crippen molar-refractivity contribution in [2.45, 2.75) is 45.1 Å². The number of hydrogen-bond donors (Lipinski definition) is 1. The van der Waals surface area contributed by atoms with Crippen LogP contribution in [0.25, 0.3) is 0 Å². The van der Waals surface area contributed by atoms with Gasteiger partial charge in [-0.05, 0) is 31.4 Å². The van der Waals surface area contributed by atoms with E-state index < -0.39 is 0 Å². The molecule has 1 atom stereocenters. The van der Waals surface area contributed by atoms with Gasteiger partial charge < -0.3 is 10.2 Å². The molecule has 1 aliphatic heterocycles. The molecule has 0 aromatic carbocycles. The fraction of sp³-hybridized carbons (Fsp3) is 0.562. The zero-order chi connectivity index (χ0) is 14.8. The summed E-state index contributed by atoms with van der Waals surface area (Å²) >= 11 is 0. The van der Waals surface area contributed by atoms with Crippen LogP contribution in [0.15, 0.2) is 18.3 Å². The molecule has 0 bridgehead atoms. The number of likely N-dealkylation sites (tertiary alicyclic amines) is 1. The topological polar surface area (TPSA) is 62.3 Å². The lowest BCUT2D eigenvalue weighted by atomic mass is 10.1. The molecular weight excluding hydrogens is 266 g/mol. The van der Waals surface area contributed by atoms with Gasteiger partial charge in [0.1, 0.15) is 5.82 Å². The van der Waals surface area contributed by atoms with Crippen molar-refractivity contribution < 1.29 is 9.59 Å². The second-order valence-electron chi connectivity index (χ2n) is 6.04. The van der Waals surface area contributed by atoms with Gasteiger partial charge >= 0.3 is 0 Å². The minimum absolute atomic E-state index is 0.0920. The Kier molecular flexibility index (Phi) is 3.90. The van der Waals surface area contributed by atoms with Crippen molar-refractivity contribution in [2.24, 2.45) is 5.92 Å². The Hall–Kier alpha value is -1.91. The molecule has 21 heavy (non-hydrogen) atoms. The first-order chi connectivity index (χ1) is 10.1. The van der Waals surface area contributed by atoms with Crippen molar-refractivity contribution in [3.05, 3.63) is 23.9 Å². The predicted molar refractivity (Wildman–Crippen MR) is 79.7 cm³/mol. The Labute approximate surface area is 124 Å². The highest BCUT2D eigenvalue weighted by Gasteiger charge is 2.38. The van der Waals surface area contributed by atoms with Gasteiger partial charge in [0.05, 0.1) is 5.92 Å². The number of hydrogen-bond acceptors (Lipinski definition) is 3. The van der Waals surface area contributed by atoms with Crippen LogP contribution < -0.4 is 5.32 Å². The smallest absolute Gasteiger partial charge is 0.230 e. The summed E-state index contributed by atoms with van der Waals surface area (Å²) < 4.78 is 0. The molecule has 1 saturated heterocycles. The van der Waals surface area contributed by atoms with Crippen molar-refractivity contribution >= 4 is 17.6 Å². The summed E-state index contributed by atoms with van der Waals surface area (Å²) in [6, 6.07) is 4.10. The number of aromatic nitrogens is 1. The van der Waals surface area contributed by atoms with E-state index in [4.69, 9.17) is 0 Å². The summed E-state index contributed by atoms with van der Waals surface area (Å²) in [5.41, 5.74) is 0.933. The monoisotopic (exact) mass is 287 g/mol. The second kappa shape index (κ2) is 5.84. The van der Waals surface area contributed by atoms with Gasteiger partial charge in [-0.1, -0.05) is 18.9 Å². The number of rotatable bonds is 3. The molecule has 1 aliphatic carbocycles. The van der Waals surface area contributed by atoms with Crippen molar-refractivity contribution in [1.29, 1.82) is 0 Å². The molecule has 1 saturated carbocycles. The van der Waals surface area contributed by atoms with Crippen LogP contribution in [0.1, 0.15) is 37.7 Å². The largest absolute Gasteiger partial charge is 0.339 e. The maximum atomic E-state index is 12.3. The van der Waals surface area contributed by atoms with E-state index in [1.165, 1.54) is 12.8 Å². The van der Waals surface area contributed by atoms with Gasteiger partial charge in [-0.3, -0.25) is 9.59 Å². The van der Waals surface area contributed by atoms with E-state index in [0.29, 0.717) is 24.8 Å². The number of carbonyl (C=O) groups excluding carboxylic acids is 2. The highest BCUT2D eigenvalue weighted by Crippen LogP contribution is 2.29. The van der Waals surface area contributed by atoms with Crippen LogP contribution in [0.2, 0.25) is 0 Å². The predicted octanol–water partition coefficient (Wildman–Crippen LogP) is 2.12. The summed E-state index contributed by atoms with van der Waals surface area (Å²) in [7, 11) is 0. The third kappa shape index (κ3) is 2.91. The molecule has 0 unspecified atom stereocenters. The molecule has 1 aromatic rings. The first-order valence-electron chi connectivity index (χ1n) is 7.67. The number of nitrogens with one attached hydrogen (secondary N) is 1. The molecule has 0 spiro atoms. The lowest BCUT2D eigenvalue weighted by Gasteiger charge is -2.23. The number of nitrogens with zero attached hydrogens (tertiary/aromatic N) is 2. The molecular formula is C16H21N3O2. The van der Waals surface area contributed by atoms with Crippen molar-refractivity contribution in [3.63, 3.8) is 0 Å². The van der Waals surface area contributed by atoms with Gasteiger partial charge in [0.15, 0.2) is 0 Å². The Morgan fingerprint density at radius 2 is 2.14 bits per heavy atom. The van der Waals surface area contributed by atoms with Gasteiger partial charge in [-0.15, -0.1) is 0 Å². The molecule has 2 heterocycles. The first-order valence-corrected chi connectivity index (χ1v) is 7.67. The van der Waals surface area contributed by atoms with E-state index in [-0.39, 0.29) is 17.7 Å². The number of amides is 2. The normalized spacial score (nSPS) is 22.8. The zero-order valence-electron chi connectivity index (χ0n) is 12.3. The van der Waals surface area contributed by atoms with E-state index in [2.05, 4.69) is 10.3 Å². The van der Waals surface area contributed by atoms with Crippen molar-refractivity contribution in [1.82, 2.24) is 9.88 Å². The van der Waals surface area contributed by atoms with Crippen LogP contribution in [0.5, 0.6) is 0 Å². The summed E-state index contributed by atoms with van der Waals surface area (Å²) in [6.07, 6.45) is 6.54. The van der Waals surface area contributed by atoms with E-state index in [1.807, 2.05) is 24.0 Å². The van der Waals surface area contributed by atoms with Gasteiger partial charge in [0.2, 0.25) is 11.8 Å². The van der Waals surface area contributed by atoms with E-state index in [0.717, 1.165) is 18.4 Å². The molecule has 0 radical (unpaired) electrons. The number of anilines is 1. The minimum atomic E-state index is -0.250. The van der Waals surface area contributed by atoms with Crippen molar-refractivity contribution in [3.8, 4) is 0 Å². The maximum Gasteiger partial charge on any atom is 0.230 e. The molecule has 5 heteroatoms. The Morgan fingerprint density at radius 1 is 1.38 bits per heavy atom. The third-order valence-corrected chi connectivity index (χ3v) is 4.55. The fourth-order valence-corrected chi connectivity index (χ4v) is 3.31. The fourth-order valence-electron chi connectivity index (χ4n) is 3.31. The minimum Gasteiger partial charge on any atom is -0.339 e. The third-order valence-electron chi connectivity index (χ3n) is 4.55. The van der Waals surface area contributed by atoms with Crippen LogP contribution in [-0.4, -0.2) is 34.3 Å². The molecule has 3 rings (SSSR count). The average Bonchev–Trinajstić information content (AvgIpc) is 3.10. The van der Waals surface area contributed by atoms with Crippen LogP contribution in [0, 0.1) is 12.8 Å². The second-order valence-corrected chi connectivity index (χ2v) is 6.04. The summed E-state index contributed by atoms with van der Waals surface area (Å²) in [4.78, 5) is 30.6. The van der Waals surface area contributed by atoms with E-state index in [9.17, 15) is 9.59 Å². The molecule has 2 amide bonds. The van der Waals surface area contributed by atoms with Crippen LogP contribution in [0.4, 0.5) is 5.82 Å². The lowest BCUT2D eigenvalue weighted by molar-refractivity contribution is -0.129. The molecule has 5 nitrogen and oxygen atoms in total. The highest BCUT2D eigenvalue weighted by atomic mass is 16.2. The molecule has 112 valence electrons. The molecule has 1 aromatic heterocycles. The molecule has 2 aliphatic rings. The van der Waals surface area contributed by atoms with Crippen LogP contribution in [-0.2, 0) is 9.59 Å². The van der Waals surface area contributed by atoms with Gasteiger partial charge in [-0.25, -0.2) is 4.98 Å². The first kappa shape index (κ1) is 14.0. The lowest BCUT2D eigenvalue weighted by Crippen LogP contribution is -2.35. The maximum absolute atomic E-state index is 12.3. The van der Waals surface area contributed by atoms with E-state index in [1.54, 1.807) is 6.20 Å². The summed E-state index contributed by atoms with van der Waals surface area (Å²) in [6.45, 7) is 2.47. The van der Waals surface area contributed by atoms with Crippen LogP contribution >= 0.6 is 0 Å². The summed E-state index contributed by atoms with van der Waals surface area (Å²) in [5, 5.41) is 2.85. The Bertz CT molecular complexity index is 552. The van der Waals surface area contributed by atoms with Crippen molar-refractivity contribution in [2.75, 3.05) is 11.9 Å². The molecule has 2 fully saturated rings. The summed E-state index contributed by atoms with van der Waals surface area (Å²) in [5.74, 6) is 0.374. The van der Waals surface area contributed by atoms with Gasteiger partial charge in [-0.2, -0.15) is 0 Å². The van der Waals surface area contributed by atoms with Crippen LogP contribution in [0.3, 0.4) is 0 Å². The van der Waals surface area contributed by atoms with Gasteiger partial charge in [0.25, 0.3) is 0 Å². The number of aryl methyl sites for hydroxylation is 1. The van der Waals surface area contributed by atoms with Gasteiger partial charge in [0, 0.05) is 25.2 Å². The standard InChI is InChI=1S/C16H21N3O2/c1-11-5-4-8-17-15(11)18-16(21)12-9-14(20)19(10-12)13-6-2-3-7-13/h4-5,8,12-13H,2-3,6-7,9-10H2,1H3,(H,17,18,21)/t12-/m0/s1. The SMILES string of the molecule is Cc1cccnc1NC(=O)[C@H]1CC(=O)N(C2CCCC2)C1.